The Balaban J connectivity index is 1.35. The zero-order valence-corrected chi connectivity index (χ0v) is 23.5. The number of hydrogen-bond donors (Lipinski definition) is 1. The molecule has 5 rings (SSSR count). The van der Waals surface area contributed by atoms with E-state index < -0.39 is 0 Å². The van der Waals surface area contributed by atoms with E-state index in [1.165, 1.54) is 10.4 Å². The molecule has 2 aliphatic heterocycles. The number of benzene rings is 1. The number of rotatable bonds is 7. The number of piperazine rings is 1. The number of nitrogens with zero attached hydrogens (tertiary/aromatic N) is 6. The van der Waals surface area contributed by atoms with Gasteiger partial charge in [0.15, 0.2) is 5.82 Å². The van der Waals surface area contributed by atoms with Gasteiger partial charge in [0.2, 0.25) is 5.91 Å². The van der Waals surface area contributed by atoms with Crippen LogP contribution in [0.25, 0.3) is 5.00 Å². The van der Waals surface area contributed by atoms with E-state index in [0.717, 1.165) is 72.5 Å². The van der Waals surface area contributed by atoms with E-state index in [4.69, 9.17) is 16.6 Å². The summed E-state index contributed by atoms with van der Waals surface area (Å²) in [5.74, 6) is 1.80. The van der Waals surface area contributed by atoms with Crippen molar-refractivity contribution in [1.29, 1.82) is 0 Å². The molecule has 0 bridgehead atoms. The van der Waals surface area contributed by atoms with Crippen molar-refractivity contribution in [2.75, 3.05) is 46.3 Å². The van der Waals surface area contributed by atoms with E-state index in [-0.39, 0.29) is 11.9 Å². The highest BCUT2D eigenvalue weighted by molar-refractivity contribution is 7.15. The minimum Gasteiger partial charge on any atom is -0.355 e. The van der Waals surface area contributed by atoms with Crippen molar-refractivity contribution in [2.24, 2.45) is 4.99 Å². The van der Waals surface area contributed by atoms with Gasteiger partial charge in [-0.25, -0.2) is 0 Å². The van der Waals surface area contributed by atoms with Crippen LogP contribution in [0.1, 0.15) is 52.1 Å². The van der Waals surface area contributed by atoms with Gasteiger partial charge in [0.05, 0.1) is 12.3 Å². The predicted molar refractivity (Wildman–Crippen MR) is 149 cm³/mol. The van der Waals surface area contributed by atoms with Crippen molar-refractivity contribution < 1.29 is 4.79 Å². The molecule has 0 aliphatic carbocycles. The lowest BCUT2D eigenvalue weighted by Crippen LogP contribution is -2.48. The van der Waals surface area contributed by atoms with E-state index in [0.29, 0.717) is 18.1 Å². The second-order valence-corrected chi connectivity index (χ2v) is 11.6. The topological polar surface area (TPSA) is 78.7 Å². The van der Waals surface area contributed by atoms with E-state index in [1.54, 1.807) is 11.3 Å². The Morgan fingerprint density at radius 3 is 2.57 bits per heavy atom. The normalized spacial score (nSPS) is 18.2. The molecule has 1 aromatic carbocycles. The number of fused-ring (bicyclic) bond motifs is 3. The maximum atomic E-state index is 12.5. The van der Waals surface area contributed by atoms with Crippen LogP contribution in [0.3, 0.4) is 0 Å². The van der Waals surface area contributed by atoms with Crippen LogP contribution >= 0.6 is 22.9 Å². The number of aryl methyl sites for hydroxylation is 2. The molecular formula is C27H34ClN7OS. The first-order valence-corrected chi connectivity index (χ1v) is 14.0. The summed E-state index contributed by atoms with van der Waals surface area (Å²) in [6.07, 6.45) is 1.56. The molecule has 8 nitrogen and oxygen atoms in total. The highest BCUT2D eigenvalue weighted by Gasteiger charge is 2.31. The van der Waals surface area contributed by atoms with E-state index >= 15 is 0 Å². The molecular weight excluding hydrogens is 506 g/mol. The first-order chi connectivity index (χ1) is 17.8. The maximum absolute atomic E-state index is 12.5. The molecule has 0 saturated carbocycles. The summed E-state index contributed by atoms with van der Waals surface area (Å²) >= 11 is 7.96. The molecule has 0 radical (unpaired) electrons. The number of amides is 1. The van der Waals surface area contributed by atoms with Gasteiger partial charge in [-0.05, 0) is 58.4 Å². The van der Waals surface area contributed by atoms with Gasteiger partial charge in [-0.3, -0.25) is 19.3 Å². The molecule has 1 fully saturated rings. The SMILES string of the molecule is Cc1sc2c(c1C)C(c1ccc(Cl)cc1)=NC(CCCNC(=O)CN1CCN(C)CC1)c1nnc(C)n1-2. The van der Waals surface area contributed by atoms with Crippen molar-refractivity contribution >= 4 is 34.6 Å². The van der Waals surface area contributed by atoms with Gasteiger partial charge >= 0.3 is 0 Å². The van der Waals surface area contributed by atoms with Crippen LogP contribution in [0.5, 0.6) is 0 Å². The molecule has 196 valence electrons. The van der Waals surface area contributed by atoms with Crippen LogP contribution in [0.4, 0.5) is 0 Å². The third-order valence-corrected chi connectivity index (χ3v) is 8.74. The van der Waals surface area contributed by atoms with E-state index in [2.05, 4.69) is 50.8 Å². The number of halogens is 1. The molecule has 0 spiro atoms. The molecule has 1 saturated heterocycles. The molecule has 10 heteroatoms. The fourth-order valence-electron chi connectivity index (χ4n) is 4.98. The summed E-state index contributed by atoms with van der Waals surface area (Å²) in [6.45, 7) is 11.3. The van der Waals surface area contributed by atoms with Gasteiger partial charge in [-0.1, -0.05) is 23.7 Å². The van der Waals surface area contributed by atoms with Crippen LogP contribution in [0.15, 0.2) is 29.3 Å². The number of nitrogens with one attached hydrogen (secondary N) is 1. The maximum Gasteiger partial charge on any atom is 0.234 e. The number of aliphatic imine (C=N–C) groups is 1. The molecule has 2 aromatic heterocycles. The Bertz CT molecular complexity index is 1310. The minimum atomic E-state index is -0.166. The van der Waals surface area contributed by atoms with E-state index in [1.807, 2.05) is 31.2 Å². The lowest BCUT2D eigenvalue weighted by Gasteiger charge is -2.31. The molecule has 3 aromatic rings. The average Bonchev–Trinajstić information content (AvgIpc) is 3.35. The number of likely N-dealkylation sites (N-methyl/N-ethyl adjacent to an activating group) is 1. The molecule has 2 aliphatic rings. The average molecular weight is 540 g/mol. The Kier molecular flexibility index (Phi) is 7.76. The highest BCUT2D eigenvalue weighted by atomic mass is 35.5. The third kappa shape index (κ3) is 5.50. The van der Waals surface area contributed by atoms with Crippen LogP contribution in [-0.4, -0.2) is 82.5 Å². The first kappa shape index (κ1) is 26.0. The second kappa shape index (κ2) is 11.0. The number of thiophene rings is 1. The minimum absolute atomic E-state index is 0.0862. The lowest BCUT2D eigenvalue weighted by atomic mass is 9.99. The number of aromatic nitrogens is 3. The van der Waals surface area contributed by atoms with Gasteiger partial charge in [0, 0.05) is 53.8 Å². The Labute approximate surface area is 227 Å². The van der Waals surface area contributed by atoms with Crippen molar-refractivity contribution in [3.8, 4) is 5.00 Å². The van der Waals surface area contributed by atoms with Gasteiger partial charge in [0.1, 0.15) is 16.9 Å². The lowest BCUT2D eigenvalue weighted by molar-refractivity contribution is -0.122. The summed E-state index contributed by atoms with van der Waals surface area (Å²) in [7, 11) is 2.12. The molecule has 37 heavy (non-hydrogen) atoms. The predicted octanol–water partition coefficient (Wildman–Crippen LogP) is 3.94. The Morgan fingerprint density at radius 1 is 1.11 bits per heavy atom. The zero-order valence-electron chi connectivity index (χ0n) is 21.9. The summed E-state index contributed by atoms with van der Waals surface area (Å²) in [4.78, 5) is 23.6. The standard InChI is InChI=1S/C27H34ClN7OS/c1-17-18(2)37-27-24(17)25(20-7-9-21(28)10-8-20)30-22(26-32-31-19(3)35(26)27)6-5-11-29-23(36)16-34-14-12-33(4)13-15-34/h7-10,22H,5-6,11-16H2,1-4H3,(H,29,36). The van der Waals surface area contributed by atoms with Crippen LogP contribution in [0.2, 0.25) is 5.02 Å². The summed E-state index contributed by atoms with van der Waals surface area (Å²) in [5, 5.41) is 13.9. The first-order valence-electron chi connectivity index (χ1n) is 12.9. The smallest absolute Gasteiger partial charge is 0.234 e. The highest BCUT2D eigenvalue weighted by Crippen LogP contribution is 2.39. The second-order valence-electron chi connectivity index (χ2n) is 9.98. The van der Waals surface area contributed by atoms with E-state index in [9.17, 15) is 4.79 Å². The third-order valence-electron chi connectivity index (χ3n) is 7.30. The largest absolute Gasteiger partial charge is 0.355 e. The number of hydrogen-bond acceptors (Lipinski definition) is 7. The number of carbonyl (C=O) groups excluding carboxylic acids is 1. The van der Waals surface area contributed by atoms with Crippen LogP contribution in [-0.2, 0) is 4.79 Å². The summed E-state index contributed by atoms with van der Waals surface area (Å²) in [5.41, 5.74) is 4.36. The summed E-state index contributed by atoms with van der Waals surface area (Å²) in [6, 6.07) is 7.72. The van der Waals surface area contributed by atoms with Crippen LogP contribution in [0, 0.1) is 20.8 Å². The fraction of sp³-hybridized carbons (Fsp3) is 0.481. The molecule has 1 unspecified atom stereocenters. The quantitative estimate of drug-likeness (QED) is 0.460. The number of carbonyl (C=O) groups is 1. The Morgan fingerprint density at radius 2 is 1.84 bits per heavy atom. The monoisotopic (exact) mass is 539 g/mol. The van der Waals surface area contributed by atoms with Gasteiger partial charge in [0.25, 0.3) is 0 Å². The van der Waals surface area contributed by atoms with Crippen LogP contribution < -0.4 is 5.32 Å². The van der Waals surface area contributed by atoms with Crippen molar-refractivity contribution in [1.82, 2.24) is 29.9 Å². The fourth-order valence-corrected chi connectivity index (χ4v) is 6.32. The molecule has 1 N–H and O–H groups in total. The van der Waals surface area contributed by atoms with Gasteiger partial charge < -0.3 is 10.2 Å². The van der Waals surface area contributed by atoms with Crippen molar-refractivity contribution in [3.05, 3.63) is 62.5 Å². The Hall–Kier alpha value is -2.59. The molecule has 1 amide bonds. The summed E-state index contributed by atoms with van der Waals surface area (Å²) < 4.78 is 2.17. The zero-order chi connectivity index (χ0) is 26.1. The van der Waals surface area contributed by atoms with Gasteiger partial charge in [-0.15, -0.1) is 21.5 Å². The molecule has 1 atom stereocenters. The van der Waals surface area contributed by atoms with Crippen molar-refractivity contribution in [3.63, 3.8) is 0 Å². The molecule has 4 heterocycles. The van der Waals surface area contributed by atoms with Gasteiger partial charge in [-0.2, -0.15) is 0 Å². The van der Waals surface area contributed by atoms with Crippen molar-refractivity contribution in [2.45, 2.75) is 39.7 Å².